The quantitative estimate of drug-likeness (QED) is 0.794. The number of benzene rings is 1. The van der Waals surface area contributed by atoms with Crippen molar-refractivity contribution in [3.63, 3.8) is 0 Å². The van der Waals surface area contributed by atoms with Crippen LogP contribution in [0, 0.1) is 0 Å². The maximum Gasteiger partial charge on any atom is 0.231 e. The Kier molecular flexibility index (Phi) is 2.59. The molecular formula is C12H14NO2. The van der Waals surface area contributed by atoms with E-state index in [4.69, 9.17) is 4.74 Å². The third-order valence-corrected chi connectivity index (χ3v) is 2.50. The van der Waals surface area contributed by atoms with Crippen LogP contribution in [0.2, 0.25) is 0 Å². The summed E-state index contributed by atoms with van der Waals surface area (Å²) in [5.41, 5.74) is 0.583. The molecule has 0 aliphatic carbocycles. The van der Waals surface area contributed by atoms with Crippen molar-refractivity contribution in [2.45, 2.75) is 31.7 Å². The highest BCUT2D eigenvalue weighted by Gasteiger charge is 2.40. The summed E-state index contributed by atoms with van der Waals surface area (Å²) in [7, 11) is 0. The van der Waals surface area contributed by atoms with E-state index in [0.29, 0.717) is 0 Å². The maximum absolute atomic E-state index is 10.8. The molecule has 1 heterocycles. The van der Waals surface area contributed by atoms with Gasteiger partial charge in [0.15, 0.2) is 0 Å². The zero-order valence-corrected chi connectivity index (χ0v) is 8.86. The second-order valence-corrected chi connectivity index (χ2v) is 4.20. The highest BCUT2D eigenvalue weighted by Crippen LogP contribution is 2.30. The lowest BCUT2D eigenvalue weighted by molar-refractivity contribution is 0.000561. The van der Waals surface area contributed by atoms with Crippen LogP contribution in [0.25, 0.3) is 0 Å². The van der Waals surface area contributed by atoms with Crippen LogP contribution >= 0.6 is 0 Å². The highest BCUT2D eigenvalue weighted by atomic mass is 16.5. The van der Waals surface area contributed by atoms with Crippen LogP contribution < -0.4 is 5.32 Å². The number of ether oxygens (including phenoxy) is 1. The molecule has 0 saturated carbocycles. The third-order valence-electron chi connectivity index (χ3n) is 2.50. The van der Waals surface area contributed by atoms with E-state index in [1.807, 2.05) is 50.5 Å². The van der Waals surface area contributed by atoms with E-state index in [9.17, 15) is 4.79 Å². The maximum atomic E-state index is 10.8. The average molecular weight is 204 g/mol. The Bertz CT molecular complexity index is 348. The molecule has 0 amide bonds. The topological polar surface area (TPSA) is 38.3 Å². The van der Waals surface area contributed by atoms with Crippen molar-refractivity contribution in [2.75, 3.05) is 0 Å². The summed E-state index contributed by atoms with van der Waals surface area (Å²) in [4.78, 5) is 10.8. The smallest absolute Gasteiger partial charge is 0.231 e. The minimum Gasteiger partial charge on any atom is -0.348 e. The Balaban J connectivity index is 2.26. The minimum absolute atomic E-state index is 0.0984. The van der Waals surface area contributed by atoms with Gasteiger partial charge in [0.25, 0.3) is 0 Å². The molecular weight excluding hydrogens is 190 g/mol. The van der Waals surface area contributed by atoms with E-state index in [1.165, 1.54) is 0 Å². The Morgan fingerprint density at radius 2 is 2.00 bits per heavy atom. The zero-order valence-electron chi connectivity index (χ0n) is 8.86. The van der Waals surface area contributed by atoms with Gasteiger partial charge in [-0.15, -0.1) is 0 Å². The predicted octanol–water partition coefficient (Wildman–Crippen LogP) is 1.56. The van der Waals surface area contributed by atoms with Gasteiger partial charge in [0, 0.05) is 0 Å². The SMILES string of the molecule is CC1(C)NC(c2ccccc2)C([C]=O)O1. The summed E-state index contributed by atoms with van der Waals surface area (Å²) in [6, 6.07) is 9.71. The van der Waals surface area contributed by atoms with E-state index in [-0.39, 0.29) is 6.04 Å². The van der Waals surface area contributed by atoms with Crippen LogP contribution in [-0.4, -0.2) is 18.1 Å². The van der Waals surface area contributed by atoms with E-state index >= 15 is 0 Å². The minimum atomic E-state index is -0.526. The van der Waals surface area contributed by atoms with Crippen LogP contribution in [0.4, 0.5) is 0 Å². The van der Waals surface area contributed by atoms with E-state index in [1.54, 1.807) is 0 Å². The fourth-order valence-corrected chi connectivity index (χ4v) is 1.88. The Morgan fingerprint density at radius 3 is 2.60 bits per heavy atom. The predicted molar refractivity (Wildman–Crippen MR) is 57.0 cm³/mol. The fraction of sp³-hybridized carbons (Fsp3) is 0.417. The molecule has 0 spiro atoms. The van der Waals surface area contributed by atoms with Crippen molar-refractivity contribution in [2.24, 2.45) is 0 Å². The van der Waals surface area contributed by atoms with Crippen molar-refractivity contribution in [3.8, 4) is 0 Å². The molecule has 1 radical (unpaired) electrons. The van der Waals surface area contributed by atoms with Gasteiger partial charge in [-0.1, -0.05) is 30.3 Å². The number of carbonyl (C=O) groups excluding carboxylic acids is 1. The largest absolute Gasteiger partial charge is 0.348 e. The molecule has 2 atom stereocenters. The molecule has 1 N–H and O–H groups in total. The summed E-state index contributed by atoms with van der Waals surface area (Å²) >= 11 is 0. The molecule has 3 nitrogen and oxygen atoms in total. The van der Waals surface area contributed by atoms with Crippen molar-refractivity contribution in [3.05, 3.63) is 35.9 Å². The monoisotopic (exact) mass is 204 g/mol. The molecule has 1 aliphatic heterocycles. The van der Waals surface area contributed by atoms with Gasteiger partial charge in [0.1, 0.15) is 11.8 Å². The fourth-order valence-electron chi connectivity index (χ4n) is 1.88. The Labute approximate surface area is 89.4 Å². The van der Waals surface area contributed by atoms with Crippen molar-refractivity contribution in [1.29, 1.82) is 0 Å². The summed E-state index contributed by atoms with van der Waals surface area (Å²) in [6.07, 6.45) is 1.41. The first-order valence-corrected chi connectivity index (χ1v) is 5.00. The number of hydrogen-bond donors (Lipinski definition) is 1. The molecule has 15 heavy (non-hydrogen) atoms. The molecule has 1 aliphatic rings. The standard InChI is InChI=1S/C12H14NO2/c1-12(2)13-11(10(8-14)15-12)9-6-4-3-5-7-9/h3-7,10-11,13H,1-2H3. The van der Waals surface area contributed by atoms with Gasteiger partial charge < -0.3 is 4.74 Å². The van der Waals surface area contributed by atoms with Gasteiger partial charge >= 0.3 is 0 Å². The second kappa shape index (κ2) is 3.76. The molecule has 1 fully saturated rings. The Hall–Kier alpha value is -1.19. The summed E-state index contributed by atoms with van der Waals surface area (Å²) in [5.74, 6) is 0. The first-order valence-electron chi connectivity index (χ1n) is 5.00. The van der Waals surface area contributed by atoms with Gasteiger partial charge in [-0.25, -0.2) is 0 Å². The Morgan fingerprint density at radius 1 is 1.33 bits per heavy atom. The van der Waals surface area contributed by atoms with Gasteiger partial charge in [0.2, 0.25) is 6.29 Å². The van der Waals surface area contributed by atoms with Crippen LogP contribution in [0.1, 0.15) is 25.5 Å². The highest BCUT2D eigenvalue weighted by molar-refractivity contribution is 5.60. The first-order chi connectivity index (χ1) is 7.12. The van der Waals surface area contributed by atoms with E-state index in [0.717, 1.165) is 5.56 Å². The molecule has 3 heteroatoms. The van der Waals surface area contributed by atoms with Crippen LogP contribution in [-0.2, 0) is 9.53 Å². The molecule has 0 bridgehead atoms. The zero-order chi connectivity index (χ0) is 10.9. The van der Waals surface area contributed by atoms with Crippen molar-refractivity contribution in [1.82, 2.24) is 5.32 Å². The number of rotatable bonds is 2. The molecule has 2 unspecified atom stereocenters. The summed E-state index contributed by atoms with van der Waals surface area (Å²) in [5, 5.41) is 3.26. The molecule has 1 aromatic rings. The average Bonchev–Trinajstić information content (AvgIpc) is 2.55. The molecule has 0 aromatic heterocycles. The van der Waals surface area contributed by atoms with Crippen molar-refractivity contribution >= 4 is 6.29 Å². The van der Waals surface area contributed by atoms with Gasteiger partial charge in [-0.2, -0.15) is 0 Å². The second-order valence-electron chi connectivity index (χ2n) is 4.20. The molecule has 2 rings (SSSR count). The molecule has 79 valence electrons. The molecule has 1 aromatic carbocycles. The van der Waals surface area contributed by atoms with Gasteiger partial charge in [-0.3, -0.25) is 10.1 Å². The van der Waals surface area contributed by atoms with Crippen LogP contribution in [0.3, 0.4) is 0 Å². The first kappa shape index (κ1) is 10.3. The summed E-state index contributed by atoms with van der Waals surface area (Å²) < 4.78 is 5.53. The van der Waals surface area contributed by atoms with Gasteiger partial charge in [0.05, 0.1) is 6.04 Å². The number of hydrogen-bond acceptors (Lipinski definition) is 3. The van der Waals surface area contributed by atoms with E-state index < -0.39 is 11.8 Å². The lowest BCUT2D eigenvalue weighted by atomic mass is 10.0. The van der Waals surface area contributed by atoms with Crippen LogP contribution in [0.15, 0.2) is 30.3 Å². The normalized spacial score (nSPS) is 28.9. The summed E-state index contributed by atoms with van der Waals surface area (Å²) in [6.45, 7) is 3.81. The third kappa shape index (κ3) is 2.08. The molecule has 1 saturated heterocycles. The number of nitrogens with one attached hydrogen (secondary N) is 1. The van der Waals surface area contributed by atoms with Crippen LogP contribution in [0.5, 0.6) is 0 Å². The van der Waals surface area contributed by atoms with Crippen molar-refractivity contribution < 1.29 is 9.53 Å². The lowest BCUT2D eigenvalue weighted by Gasteiger charge is -2.17. The lowest BCUT2D eigenvalue weighted by Crippen LogP contribution is -2.34. The van der Waals surface area contributed by atoms with Gasteiger partial charge in [-0.05, 0) is 19.4 Å². The van der Waals surface area contributed by atoms with E-state index in [2.05, 4.69) is 5.32 Å².